The van der Waals surface area contributed by atoms with Gasteiger partial charge in [0.1, 0.15) is 0 Å². The highest BCUT2D eigenvalue weighted by Crippen LogP contribution is 2.36. The van der Waals surface area contributed by atoms with Crippen LogP contribution in [0.25, 0.3) is 0 Å². The first kappa shape index (κ1) is 63.4. The summed E-state index contributed by atoms with van der Waals surface area (Å²) in [4.78, 5) is 0. The summed E-state index contributed by atoms with van der Waals surface area (Å²) in [6.45, 7) is 25.3. The molecule has 0 aromatic carbocycles. The van der Waals surface area contributed by atoms with E-state index < -0.39 is 0 Å². The predicted octanol–water partition coefficient (Wildman–Crippen LogP) is 19.3. The van der Waals surface area contributed by atoms with E-state index in [-0.39, 0.29) is 5.79 Å². The van der Waals surface area contributed by atoms with Gasteiger partial charge in [-0.3, -0.25) is 0 Å². The van der Waals surface area contributed by atoms with Crippen LogP contribution < -0.4 is 0 Å². The van der Waals surface area contributed by atoms with E-state index in [0.717, 1.165) is 31.6 Å². The third kappa shape index (κ3) is 51.2. The minimum Gasteiger partial charge on any atom is -0.347 e. The van der Waals surface area contributed by atoms with E-state index >= 15 is 0 Å². The number of rotatable bonds is 33. The van der Waals surface area contributed by atoms with Gasteiger partial charge in [0.2, 0.25) is 0 Å². The van der Waals surface area contributed by atoms with E-state index in [4.69, 9.17) is 9.47 Å². The van der Waals surface area contributed by atoms with Gasteiger partial charge in [-0.25, -0.2) is 0 Å². The Hall–Kier alpha value is -0.770. The first-order valence-electron chi connectivity index (χ1n) is 24.8. The number of allylic oxidation sites excluding steroid dienone is 8. The summed E-state index contributed by atoms with van der Waals surface area (Å²) in [5.74, 6) is 0.704. The highest BCUT2D eigenvalue weighted by Gasteiger charge is 2.40. The van der Waals surface area contributed by atoms with E-state index in [1.165, 1.54) is 161 Å². The molecular formula is C52H106O2S. The van der Waals surface area contributed by atoms with Crippen LogP contribution >= 0.6 is 12.6 Å². The maximum Gasteiger partial charge on any atom is 0.168 e. The summed E-state index contributed by atoms with van der Waals surface area (Å²) >= 11 is 4.27. The van der Waals surface area contributed by atoms with Gasteiger partial charge in [-0.2, -0.15) is 12.6 Å². The molecule has 1 saturated heterocycles. The zero-order chi connectivity index (χ0) is 42.4. The van der Waals surface area contributed by atoms with Crippen molar-refractivity contribution in [1.82, 2.24) is 0 Å². The van der Waals surface area contributed by atoms with E-state index in [1.807, 2.05) is 69.2 Å². The van der Waals surface area contributed by atoms with Crippen LogP contribution in [0.15, 0.2) is 48.6 Å². The average Bonchev–Trinajstić information content (AvgIpc) is 3.66. The molecule has 1 aliphatic rings. The maximum absolute atomic E-state index is 6.64. The number of hydrogen-bond donors (Lipinski definition) is 1. The van der Waals surface area contributed by atoms with Crippen molar-refractivity contribution in [2.45, 2.75) is 275 Å². The Kier molecular flexibility index (Phi) is 72.0. The quantitative estimate of drug-likeness (QED) is 0.0405. The van der Waals surface area contributed by atoms with Gasteiger partial charge < -0.3 is 9.47 Å². The first-order chi connectivity index (χ1) is 27.3. The molecule has 0 amide bonds. The molecule has 3 heteroatoms. The third-order valence-electron chi connectivity index (χ3n) is 9.05. The Morgan fingerprint density at radius 3 is 1.05 bits per heavy atom. The van der Waals surface area contributed by atoms with E-state index in [9.17, 15) is 0 Å². The van der Waals surface area contributed by atoms with Crippen molar-refractivity contribution < 1.29 is 9.47 Å². The molecule has 1 aliphatic heterocycles. The number of unbranched alkanes of at least 4 members (excludes halogenated alkanes) is 18. The van der Waals surface area contributed by atoms with Crippen molar-refractivity contribution in [3.05, 3.63) is 48.6 Å². The van der Waals surface area contributed by atoms with Gasteiger partial charge in [0.15, 0.2) is 5.79 Å². The maximum atomic E-state index is 6.64. The second-order valence-electron chi connectivity index (χ2n) is 13.5. The molecule has 0 aromatic rings. The Morgan fingerprint density at radius 2 is 0.727 bits per heavy atom. The number of thiol groups is 1. The molecule has 0 radical (unpaired) electrons. The molecule has 0 aromatic heterocycles. The molecule has 1 fully saturated rings. The fraction of sp³-hybridized carbons (Fsp3) is 0.846. The molecule has 0 spiro atoms. The molecule has 0 saturated carbocycles. The second-order valence-corrected chi connectivity index (χ2v) is 13.9. The monoisotopic (exact) mass is 795 g/mol. The Bertz CT molecular complexity index is 677. The summed E-state index contributed by atoms with van der Waals surface area (Å²) in [5, 5.41) is 0. The van der Waals surface area contributed by atoms with Crippen LogP contribution in [-0.2, 0) is 9.47 Å². The van der Waals surface area contributed by atoms with E-state index in [0.29, 0.717) is 6.10 Å². The van der Waals surface area contributed by atoms with Crippen LogP contribution in [0.1, 0.15) is 263 Å². The standard InChI is InChI=1S/C42H76O2S.5C2H6/c1-3-5-7-8-9-10-11-12-13-15-18-21-24-27-30-33-37-42(43-40-41(44-42)36-6-4-2)38-34-31-28-25-22-19-16-14-17-20-23-26-29-32-35-39-45;5*1-2/h9-10,18-19,21-23,26,41,45H,3-8,11-17,20,24-25,27-40H2,1-2H3;5*1-2H3/b10-9-,21-18-,22-19-,26-23-;;;;;. The predicted molar refractivity (Wildman–Crippen MR) is 261 cm³/mol. The van der Waals surface area contributed by atoms with Crippen molar-refractivity contribution in [2.24, 2.45) is 0 Å². The van der Waals surface area contributed by atoms with E-state index in [1.54, 1.807) is 0 Å². The van der Waals surface area contributed by atoms with Crippen LogP contribution in [0.2, 0.25) is 0 Å². The lowest BCUT2D eigenvalue weighted by molar-refractivity contribution is -0.180. The highest BCUT2D eigenvalue weighted by molar-refractivity contribution is 7.80. The summed E-state index contributed by atoms with van der Waals surface area (Å²) in [6, 6.07) is 0. The number of hydrogen-bond acceptors (Lipinski definition) is 3. The summed E-state index contributed by atoms with van der Waals surface area (Å²) in [5.41, 5.74) is 0. The highest BCUT2D eigenvalue weighted by atomic mass is 32.1. The van der Waals surface area contributed by atoms with Crippen LogP contribution in [-0.4, -0.2) is 24.3 Å². The minimum absolute atomic E-state index is 0.306. The molecule has 1 rings (SSSR count). The van der Waals surface area contributed by atoms with Gasteiger partial charge in [0, 0.05) is 12.8 Å². The lowest BCUT2D eigenvalue weighted by Crippen LogP contribution is -2.31. The van der Waals surface area contributed by atoms with Crippen molar-refractivity contribution in [3.8, 4) is 0 Å². The largest absolute Gasteiger partial charge is 0.347 e. The normalized spacial score (nSPS) is 16.1. The Labute approximate surface area is 356 Å². The second kappa shape index (κ2) is 62.4. The van der Waals surface area contributed by atoms with Crippen molar-refractivity contribution in [2.75, 3.05) is 12.4 Å². The Balaban J connectivity index is -0.000000766. The summed E-state index contributed by atoms with van der Waals surface area (Å²) in [7, 11) is 0. The smallest absolute Gasteiger partial charge is 0.168 e. The lowest BCUT2D eigenvalue weighted by Gasteiger charge is -2.28. The molecule has 2 unspecified atom stereocenters. The summed E-state index contributed by atoms with van der Waals surface area (Å²) < 4.78 is 13.1. The van der Waals surface area contributed by atoms with Crippen LogP contribution in [0.3, 0.4) is 0 Å². The minimum atomic E-state index is -0.310. The van der Waals surface area contributed by atoms with Crippen molar-refractivity contribution in [3.63, 3.8) is 0 Å². The van der Waals surface area contributed by atoms with Crippen LogP contribution in [0.4, 0.5) is 0 Å². The van der Waals surface area contributed by atoms with Gasteiger partial charge >= 0.3 is 0 Å². The SMILES string of the molecule is CC.CC.CC.CC.CC.CCCCC/C=C\CCCC/C=C\CCCCCC1(CCCCC/C=C\CCCC/C=C\CCCCS)OCC(CCCC)O1. The molecule has 55 heavy (non-hydrogen) atoms. The lowest BCUT2D eigenvalue weighted by atomic mass is 9.99. The molecule has 0 N–H and O–H groups in total. The van der Waals surface area contributed by atoms with Crippen LogP contribution in [0.5, 0.6) is 0 Å². The zero-order valence-electron chi connectivity index (χ0n) is 40.2. The van der Waals surface area contributed by atoms with Gasteiger partial charge in [-0.05, 0) is 134 Å². The third-order valence-corrected chi connectivity index (χ3v) is 9.37. The zero-order valence-corrected chi connectivity index (χ0v) is 41.1. The molecular weight excluding hydrogens is 689 g/mol. The van der Waals surface area contributed by atoms with Crippen molar-refractivity contribution >= 4 is 12.6 Å². The molecule has 2 nitrogen and oxygen atoms in total. The summed E-state index contributed by atoms with van der Waals surface area (Å²) in [6.07, 6.45) is 54.4. The molecule has 1 heterocycles. The van der Waals surface area contributed by atoms with Crippen molar-refractivity contribution in [1.29, 1.82) is 0 Å². The fourth-order valence-corrected chi connectivity index (χ4v) is 6.35. The molecule has 2 atom stereocenters. The van der Waals surface area contributed by atoms with E-state index in [2.05, 4.69) is 75.1 Å². The number of ether oxygens (including phenoxy) is 2. The topological polar surface area (TPSA) is 18.5 Å². The average molecular weight is 795 g/mol. The fourth-order valence-electron chi connectivity index (χ4n) is 6.12. The Morgan fingerprint density at radius 1 is 0.418 bits per heavy atom. The van der Waals surface area contributed by atoms with Gasteiger partial charge in [-0.15, -0.1) is 0 Å². The van der Waals surface area contributed by atoms with Gasteiger partial charge in [-0.1, -0.05) is 170 Å². The van der Waals surface area contributed by atoms with Gasteiger partial charge in [0.05, 0.1) is 12.7 Å². The molecule has 332 valence electrons. The molecule has 0 bridgehead atoms. The van der Waals surface area contributed by atoms with Crippen LogP contribution in [0, 0.1) is 0 Å². The van der Waals surface area contributed by atoms with Gasteiger partial charge in [0.25, 0.3) is 0 Å². The molecule has 0 aliphatic carbocycles. The first-order valence-corrected chi connectivity index (χ1v) is 25.4.